The lowest BCUT2D eigenvalue weighted by molar-refractivity contribution is -0.588. The standard InChI is InChI=1S/C7H6NS.HI/c1-3-7-8(4-1)5-2-6-9-7;/h1-6H;1H/q+1;/p-1. The van der Waals surface area contributed by atoms with E-state index in [4.69, 9.17) is 0 Å². The molecule has 0 saturated heterocycles. The average Bonchev–Trinajstić information content (AvgIpc) is 2.33. The third-order valence-corrected chi connectivity index (χ3v) is 2.14. The molecule has 2 heterocycles. The van der Waals surface area contributed by atoms with Crippen LogP contribution in [0.2, 0.25) is 0 Å². The maximum absolute atomic E-state index is 2.10. The zero-order chi connectivity index (χ0) is 6.10. The van der Waals surface area contributed by atoms with E-state index in [2.05, 4.69) is 16.0 Å². The summed E-state index contributed by atoms with van der Waals surface area (Å²) in [5.41, 5.74) is 0. The van der Waals surface area contributed by atoms with E-state index in [0.29, 0.717) is 0 Å². The summed E-state index contributed by atoms with van der Waals surface area (Å²) < 4.78 is 2.10. The molecule has 0 spiro atoms. The second-order valence-corrected chi connectivity index (χ2v) is 2.78. The Morgan fingerprint density at radius 1 is 1.20 bits per heavy atom. The fourth-order valence-electron chi connectivity index (χ4n) is 0.838. The van der Waals surface area contributed by atoms with Crippen LogP contribution in [0, 0.1) is 0 Å². The molecular formula is C7H6INS. The van der Waals surface area contributed by atoms with E-state index in [0.717, 1.165) is 0 Å². The van der Waals surface area contributed by atoms with Gasteiger partial charge in [-0.3, -0.25) is 0 Å². The lowest BCUT2D eigenvalue weighted by atomic mass is 10.7. The largest absolute Gasteiger partial charge is 1.00 e. The van der Waals surface area contributed by atoms with Crippen LogP contribution in [0.4, 0.5) is 0 Å². The molecule has 0 fully saturated rings. The lowest BCUT2D eigenvalue weighted by Gasteiger charge is -1.84. The molecule has 1 nitrogen and oxygen atoms in total. The molecule has 0 aromatic heterocycles. The van der Waals surface area contributed by atoms with E-state index < -0.39 is 0 Å². The van der Waals surface area contributed by atoms with E-state index in [1.54, 1.807) is 11.3 Å². The summed E-state index contributed by atoms with van der Waals surface area (Å²) in [6, 6.07) is 6.19. The molecule has 0 N–H and O–H groups in total. The van der Waals surface area contributed by atoms with Crippen molar-refractivity contribution < 1.29 is 28.5 Å². The Labute approximate surface area is 80.7 Å². The molecule has 3 heteroatoms. The number of aromatic nitrogens is 1. The number of nitrogens with zero attached hydrogens (tertiary/aromatic N) is 1. The minimum atomic E-state index is 0. The van der Waals surface area contributed by atoms with Crippen LogP contribution in [0.3, 0.4) is 0 Å². The number of fused-ring (bicyclic) bond motifs is 1. The Hall–Kier alpha value is -0.160. The van der Waals surface area contributed by atoms with Gasteiger partial charge in [0, 0.05) is 23.6 Å². The van der Waals surface area contributed by atoms with Gasteiger partial charge < -0.3 is 24.0 Å². The summed E-state index contributed by atoms with van der Waals surface area (Å²) in [5, 5.41) is 3.37. The molecule has 0 amide bonds. The third kappa shape index (κ3) is 1.29. The molecule has 0 aliphatic carbocycles. The van der Waals surface area contributed by atoms with Gasteiger partial charge in [-0.25, -0.2) is 0 Å². The number of hydrogen-bond acceptors (Lipinski definition) is 1. The Morgan fingerprint density at radius 3 is 2.80 bits per heavy atom. The second-order valence-electron chi connectivity index (χ2n) is 1.85. The summed E-state index contributed by atoms with van der Waals surface area (Å²) in [6.07, 6.45) is 4.09. The summed E-state index contributed by atoms with van der Waals surface area (Å²) in [4.78, 5) is 0. The highest BCUT2D eigenvalue weighted by Gasteiger charge is 2.05. The quantitative estimate of drug-likeness (QED) is 0.401. The van der Waals surface area contributed by atoms with Crippen molar-refractivity contribution >= 4 is 11.3 Å². The maximum Gasteiger partial charge on any atom is 0.266 e. The fraction of sp³-hybridized carbons (Fsp3) is 0. The van der Waals surface area contributed by atoms with Crippen LogP contribution in [0.25, 0.3) is 5.00 Å². The van der Waals surface area contributed by atoms with E-state index in [1.165, 1.54) is 5.00 Å². The average molecular weight is 263 g/mol. The number of rotatable bonds is 0. The predicted octanol–water partition coefficient (Wildman–Crippen LogP) is -1.53. The molecule has 0 atom stereocenters. The minimum Gasteiger partial charge on any atom is -1.00 e. The summed E-state index contributed by atoms with van der Waals surface area (Å²) in [6.45, 7) is 0. The van der Waals surface area contributed by atoms with Crippen LogP contribution in [0.1, 0.15) is 0 Å². The second kappa shape index (κ2) is 3.30. The molecule has 0 unspecified atom stereocenters. The molecule has 0 saturated carbocycles. The first-order valence-corrected chi connectivity index (χ1v) is 3.68. The van der Waals surface area contributed by atoms with Crippen molar-refractivity contribution in [2.75, 3.05) is 0 Å². The Bertz CT molecular complexity index is 254. The predicted molar refractivity (Wildman–Crippen MR) is 37.0 cm³/mol. The van der Waals surface area contributed by atoms with Gasteiger partial charge in [-0.2, -0.15) is 4.57 Å². The van der Waals surface area contributed by atoms with Crippen molar-refractivity contribution in [1.29, 1.82) is 0 Å². The molecule has 52 valence electrons. The van der Waals surface area contributed by atoms with Crippen LogP contribution >= 0.6 is 11.3 Å². The molecule has 2 rings (SSSR count). The first kappa shape index (κ1) is 7.94. The molecule has 2 aliphatic heterocycles. The van der Waals surface area contributed by atoms with E-state index in [1.807, 2.05) is 24.5 Å². The Balaban J connectivity index is 0.000000500. The molecule has 2 aliphatic rings. The Morgan fingerprint density at radius 2 is 2.00 bits per heavy atom. The van der Waals surface area contributed by atoms with Gasteiger partial charge in [-0.15, -0.1) is 0 Å². The minimum absolute atomic E-state index is 0. The summed E-state index contributed by atoms with van der Waals surface area (Å²) in [5.74, 6) is 0. The van der Waals surface area contributed by atoms with Gasteiger partial charge >= 0.3 is 0 Å². The molecular weight excluding hydrogens is 257 g/mol. The van der Waals surface area contributed by atoms with Gasteiger partial charge in [-0.1, -0.05) is 11.3 Å². The van der Waals surface area contributed by atoms with Crippen molar-refractivity contribution in [3.8, 4) is 5.00 Å². The van der Waals surface area contributed by atoms with Crippen LogP contribution < -0.4 is 28.5 Å². The summed E-state index contributed by atoms with van der Waals surface area (Å²) in [7, 11) is 0. The third-order valence-electron chi connectivity index (χ3n) is 1.25. The molecule has 0 bridgehead atoms. The Kier molecular flexibility index (Phi) is 2.62. The first-order valence-electron chi connectivity index (χ1n) is 2.80. The highest BCUT2D eigenvalue weighted by molar-refractivity contribution is 7.11. The summed E-state index contributed by atoms with van der Waals surface area (Å²) >= 11 is 1.75. The van der Waals surface area contributed by atoms with Crippen LogP contribution in [0.5, 0.6) is 0 Å². The molecule has 0 aromatic rings. The van der Waals surface area contributed by atoms with E-state index in [9.17, 15) is 0 Å². The van der Waals surface area contributed by atoms with Gasteiger partial charge in [0.1, 0.15) is 0 Å². The van der Waals surface area contributed by atoms with Crippen LogP contribution in [-0.4, -0.2) is 0 Å². The van der Waals surface area contributed by atoms with Crippen molar-refractivity contribution in [3.05, 3.63) is 36.0 Å². The number of halogens is 1. The van der Waals surface area contributed by atoms with Crippen LogP contribution in [-0.2, 0) is 0 Å². The van der Waals surface area contributed by atoms with Gasteiger partial charge in [0.25, 0.3) is 5.00 Å². The smallest absolute Gasteiger partial charge is 0.266 e. The van der Waals surface area contributed by atoms with Crippen molar-refractivity contribution in [2.24, 2.45) is 0 Å². The van der Waals surface area contributed by atoms with Crippen molar-refractivity contribution in [3.63, 3.8) is 0 Å². The normalized spacial score (nSPS) is 9.20. The SMILES string of the molecule is [I-].c1csc2ccc[n+]-2c1. The van der Waals surface area contributed by atoms with Gasteiger partial charge in [0.15, 0.2) is 12.4 Å². The monoisotopic (exact) mass is 263 g/mol. The zero-order valence-electron chi connectivity index (χ0n) is 5.20. The van der Waals surface area contributed by atoms with Crippen molar-refractivity contribution in [2.45, 2.75) is 0 Å². The number of hydrogen-bond donors (Lipinski definition) is 0. The highest BCUT2D eigenvalue weighted by atomic mass is 127. The van der Waals surface area contributed by atoms with Gasteiger partial charge in [0.2, 0.25) is 0 Å². The molecule has 0 radical (unpaired) electrons. The molecule has 10 heavy (non-hydrogen) atoms. The fourth-order valence-corrected chi connectivity index (χ4v) is 1.53. The van der Waals surface area contributed by atoms with E-state index in [-0.39, 0.29) is 24.0 Å². The molecule has 0 aromatic carbocycles. The van der Waals surface area contributed by atoms with Gasteiger partial charge in [0.05, 0.1) is 0 Å². The highest BCUT2D eigenvalue weighted by Crippen LogP contribution is 2.05. The first-order chi connectivity index (χ1) is 4.47. The van der Waals surface area contributed by atoms with Gasteiger partial charge in [-0.05, 0) is 0 Å². The van der Waals surface area contributed by atoms with Crippen LogP contribution in [0.15, 0.2) is 36.0 Å². The van der Waals surface area contributed by atoms with Crippen molar-refractivity contribution in [1.82, 2.24) is 0 Å². The van der Waals surface area contributed by atoms with E-state index >= 15 is 0 Å². The lowest BCUT2D eigenvalue weighted by Crippen LogP contribution is -3.00. The topological polar surface area (TPSA) is 3.88 Å². The maximum atomic E-state index is 2.10. The zero-order valence-corrected chi connectivity index (χ0v) is 8.17.